The Balaban J connectivity index is 1.81. The summed E-state index contributed by atoms with van der Waals surface area (Å²) >= 11 is 0. The van der Waals surface area contributed by atoms with Gasteiger partial charge in [0.05, 0.1) is 0 Å². The molecule has 4 nitrogen and oxygen atoms in total. The van der Waals surface area contributed by atoms with E-state index in [1.807, 2.05) is 14.0 Å². The minimum atomic E-state index is -0.102. The van der Waals surface area contributed by atoms with Crippen LogP contribution in [0.3, 0.4) is 0 Å². The van der Waals surface area contributed by atoms with E-state index >= 15 is 0 Å². The van der Waals surface area contributed by atoms with Gasteiger partial charge in [0, 0.05) is 24.3 Å². The zero-order chi connectivity index (χ0) is 14.1. The van der Waals surface area contributed by atoms with Crippen molar-refractivity contribution in [3.05, 3.63) is 29.8 Å². The van der Waals surface area contributed by atoms with Crippen molar-refractivity contribution in [3.8, 4) is 0 Å². The number of hydrogen-bond acceptors (Lipinski definition) is 3. The van der Waals surface area contributed by atoms with Gasteiger partial charge in [-0.2, -0.15) is 0 Å². The lowest BCUT2D eigenvalue weighted by Crippen LogP contribution is -2.49. The molecule has 2 N–H and O–H groups in total. The third-order valence-corrected chi connectivity index (χ3v) is 4.40. The molecule has 0 aromatic heterocycles. The predicted molar refractivity (Wildman–Crippen MR) is 80.8 cm³/mol. The van der Waals surface area contributed by atoms with Crippen LogP contribution < -0.4 is 15.5 Å². The Labute approximate surface area is 120 Å². The van der Waals surface area contributed by atoms with Crippen LogP contribution in [0.2, 0.25) is 0 Å². The van der Waals surface area contributed by atoms with E-state index in [9.17, 15) is 4.79 Å². The normalized spacial score (nSPS) is 23.1. The lowest BCUT2D eigenvalue weighted by atomic mass is 9.95. The number of nitrogens with one attached hydrogen (secondary N) is 2. The Morgan fingerprint density at radius 3 is 2.75 bits per heavy atom. The smallest absolute Gasteiger partial charge is 0.242 e. The quantitative estimate of drug-likeness (QED) is 0.879. The van der Waals surface area contributed by atoms with Crippen molar-refractivity contribution in [2.45, 2.75) is 44.3 Å². The average Bonchev–Trinajstić information content (AvgIpc) is 3.29. The Morgan fingerprint density at radius 2 is 2.05 bits per heavy atom. The summed E-state index contributed by atoms with van der Waals surface area (Å²) in [4.78, 5) is 14.5. The lowest BCUT2D eigenvalue weighted by Gasteiger charge is -2.38. The van der Waals surface area contributed by atoms with E-state index in [1.54, 1.807) is 0 Å². The van der Waals surface area contributed by atoms with Crippen LogP contribution in [-0.2, 0) is 4.79 Å². The molecule has 1 aromatic carbocycles. The molecule has 1 aromatic rings. The van der Waals surface area contributed by atoms with E-state index < -0.39 is 0 Å². The number of fused-ring (bicyclic) bond motifs is 1. The molecular weight excluding hydrogens is 250 g/mol. The van der Waals surface area contributed by atoms with E-state index in [0.717, 1.165) is 25.8 Å². The van der Waals surface area contributed by atoms with Gasteiger partial charge in [-0.15, -0.1) is 0 Å². The molecule has 1 fully saturated rings. The molecule has 1 saturated carbocycles. The van der Waals surface area contributed by atoms with E-state index in [2.05, 4.69) is 39.8 Å². The van der Waals surface area contributed by atoms with Gasteiger partial charge >= 0.3 is 0 Å². The highest BCUT2D eigenvalue weighted by Gasteiger charge is 2.32. The SMILES string of the molecule is CNC1CCN(C(C)C(=O)NC2CC2)c2ccccc21. The minimum absolute atomic E-state index is 0.102. The maximum absolute atomic E-state index is 12.3. The third kappa shape index (κ3) is 2.52. The van der Waals surface area contributed by atoms with Crippen LogP contribution in [-0.4, -0.2) is 31.6 Å². The number of hydrogen-bond donors (Lipinski definition) is 2. The molecule has 3 rings (SSSR count). The standard InChI is InChI=1S/C16H23N3O/c1-11(16(20)18-12-7-8-12)19-10-9-14(17-2)13-5-3-4-6-15(13)19/h3-6,11-12,14,17H,7-10H2,1-2H3,(H,18,20). The molecule has 2 atom stereocenters. The van der Waals surface area contributed by atoms with Gasteiger partial charge in [0.2, 0.25) is 5.91 Å². The van der Waals surface area contributed by atoms with Gasteiger partial charge in [-0.25, -0.2) is 0 Å². The zero-order valence-corrected chi connectivity index (χ0v) is 12.2. The van der Waals surface area contributed by atoms with Gasteiger partial charge in [-0.3, -0.25) is 4.79 Å². The largest absolute Gasteiger partial charge is 0.359 e. The summed E-state index contributed by atoms with van der Waals surface area (Å²) in [5, 5.41) is 6.47. The number of amides is 1. The van der Waals surface area contributed by atoms with Crippen LogP contribution >= 0.6 is 0 Å². The van der Waals surface area contributed by atoms with Gasteiger partial charge in [0.25, 0.3) is 0 Å². The summed E-state index contributed by atoms with van der Waals surface area (Å²) in [7, 11) is 2.00. The topological polar surface area (TPSA) is 44.4 Å². The second-order valence-electron chi connectivity index (χ2n) is 5.84. The van der Waals surface area contributed by atoms with Crippen LogP contribution in [0.1, 0.15) is 37.8 Å². The molecule has 0 saturated heterocycles. The number of benzene rings is 1. The van der Waals surface area contributed by atoms with Crippen molar-refractivity contribution in [2.75, 3.05) is 18.5 Å². The maximum Gasteiger partial charge on any atom is 0.242 e. The number of carbonyl (C=O) groups excluding carboxylic acids is 1. The van der Waals surface area contributed by atoms with E-state index in [0.29, 0.717) is 12.1 Å². The fourth-order valence-corrected chi connectivity index (χ4v) is 2.98. The van der Waals surface area contributed by atoms with E-state index in [4.69, 9.17) is 0 Å². The summed E-state index contributed by atoms with van der Waals surface area (Å²) in [6.45, 7) is 2.93. The van der Waals surface area contributed by atoms with Gasteiger partial charge in [0.15, 0.2) is 0 Å². The van der Waals surface area contributed by atoms with Crippen molar-refractivity contribution >= 4 is 11.6 Å². The minimum Gasteiger partial charge on any atom is -0.359 e. The number of anilines is 1. The monoisotopic (exact) mass is 273 g/mol. The fourth-order valence-electron chi connectivity index (χ4n) is 2.98. The van der Waals surface area contributed by atoms with Gasteiger partial charge in [-0.05, 0) is 44.9 Å². The number of para-hydroxylation sites is 1. The summed E-state index contributed by atoms with van der Waals surface area (Å²) in [6.07, 6.45) is 3.31. The second kappa shape index (κ2) is 5.44. The Kier molecular flexibility index (Phi) is 3.66. The Hall–Kier alpha value is -1.55. The molecule has 1 aliphatic carbocycles. The molecule has 1 aliphatic heterocycles. The molecule has 1 amide bonds. The first-order valence-corrected chi connectivity index (χ1v) is 7.54. The van der Waals surface area contributed by atoms with Gasteiger partial charge in [0.1, 0.15) is 6.04 Å². The molecular formula is C16H23N3O. The van der Waals surface area contributed by atoms with Crippen LogP contribution in [0.4, 0.5) is 5.69 Å². The van der Waals surface area contributed by atoms with Gasteiger partial charge < -0.3 is 15.5 Å². The van der Waals surface area contributed by atoms with Crippen LogP contribution in [0.5, 0.6) is 0 Å². The maximum atomic E-state index is 12.3. The molecule has 0 spiro atoms. The lowest BCUT2D eigenvalue weighted by molar-refractivity contribution is -0.122. The number of nitrogens with zero attached hydrogens (tertiary/aromatic N) is 1. The number of rotatable bonds is 4. The van der Waals surface area contributed by atoms with Crippen molar-refractivity contribution < 1.29 is 4.79 Å². The third-order valence-electron chi connectivity index (χ3n) is 4.40. The molecule has 1 heterocycles. The first-order valence-electron chi connectivity index (χ1n) is 7.54. The number of carbonyl (C=O) groups is 1. The van der Waals surface area contributed by atoms with E-state index in [1.165, 1.54) is 11.3 Å². The van der Waals surface area contributed by atoms with Crippen LogP contribution in [0.25, 0.3) is 0 Å². The molecule has 4 heteroatoms. The molecule has 0 bridgehead atoms. The van der Waals surface area contributed by atoms with E-state index in [-0.39, 0.29) is 11.9 Å². The average molecular weight is 273 g/mol. The summed E-state index contributed by atoms with van der Waals surface area (Å²) < 4.78 is 0. The fraction of sp³-hybridized carbons (Fsp3) is 0.562. The van der Waals surface area contributed by atoms with Crippen LogP contribution in [0.15, 0.2) is 24.3 Å². The molecule has 108 valence electrons. The molecule has 2 aliphatic rings. The summed E-state index contributed by atoms with van der Waals surface area (Å²) in [5.74, 6) is 0.158. The Morgan fingerprint density at radius 1 is 1.30 bits per heavy atom. The zero-order valence-electron chi connectivity index (χ0n) is 12.2. The first-order chi connectivity index (χ1) is 9.70. The van der Waals surface area contributed by atoms with Crippen molar-refractivity contribution in [1.82, 2.24) is 10.6 Å². The highest BCUT2D eigenvalue weighted by atomic mass is 16.2. The summed E-state index contributed by atoms with van der Waals surface area (Å²) in [5.41, 5.74) is 2.49. The predicted octanol–water partition coefficient (Wildman–Crippen LogP) is 1.82. The first kappa shape index (κ1) is 13.4. The molecule has 2 unspecified atom stereocenters. The molecule has 20 heavy (non-hydrogen) atoms. The molecule has 0 radical (unpaired) electrons. The van der Waals surface area contributed by atoms with Crippen LogP contribution in [0, 0.1) is 0 Å². The highest BCUT2D eigenvalue weighted by Crippen LogP contribution is 2.34. The second-order valence-corrected chi connectivity index (χ2v) is 5.84. The summed E-state index contributed by atoms with van der Waals surface area (Å²) in [6, 6.07) is 9.12. The van der Waals surface area contributed by atoms with Crippen molar-refractivity contribution in [2.24, 2.45) is 0 Å². The van der Waals surface area contributed by atoms with Crippen molar-refractivity contribution in [3.63, 3.8) is 0 Å². The van der Waals surface area contributed by atoms with Crippen molar-refractivity contribution in [1.29, 1.82) is 0 Å². The Bertz CT molecular complexity index is 498. The highest BCUT2D eigenvalue weighted by molar-refractivity contribution is 5.85. The van der Waals surface area contributed by atoms with Gasteiger partial charge in [-0.1, -0.05) is 18.2 Å².